The normalized spacial score (nSPS) is 11.3. The molecule has 0 spiro atoms. The number of phenolic OH excluding ortho intramolecular Hbond substituents is 1. The van der Waals surface area contributed by atoms with Crippen LogP contribution >= 0.6 is 23.2 Å². The highest BCUT2D eigenvalue weighted by molar-refractivity contribution is 6.43. The summed E-state index contributed by atoms with van der Waals surface area (Å²) in [5.74, 6) is 1.45. The van der Waals surface area contributed by atoms with Crippen molar-refractivity contribution < 1.29 is 9.52 Å². The van der Waals surface area contributed by atoms with E-state index < -0.39 is 0 Å². The van der Waals surface area contributed by atoms with Crippen molar-refractivity contribution in [2.75, 3.05) is 0 Å². The number of phenols is 1. The smallest absolute Gasteiger partial charge is 0.145 e. The van der Waals surface area contributed by atoms with Crippen LogP contribution in [0.25, 0.3) is 11.3 Å². The summed E-state index contributed by atoms with van der Waals surface area (Å²) in [4.78, 5) is 4.38. The lowest BCUT2D eigenvalue weighted by Gasteiger charge is -2.02. The summed E-state index contributed by atoms with van der Waals surface area (Å²) < 4.78 is 5.75. The first kappa shape index (κ1) is 15.7. The molecule has 2 aromatic carbocycles. The number of hydrogen-bond donors (Lipinski definition) is 1. The van der Waals surface area contributed by atoms with E-state index in [4.69, 9.17) is 27.6 Å². The molecule has 116 valence electrons. The van der Waals surface area contributed by atoms with Crippen molar-refractivity contribution in [1.29, 1.82) is 0 Å². The fourth-order valence-corrected chi connectivity index (χ4v) is 2.57. The molecule has 0 aliphatic rings. The van der Waals surface area contributed by atoms with Crippen LogP contribution < -0.4 is 0 Å². The molecule has 1 aromatic heterocycles. The molecule has 0 unspecified atom stereocenters. The van der Waals surface area contributed by atoms with Gasteiger partial charge in [0, 0.05) is 5.56 Å². The highest BCUT2D eigenvalue weighted by Gasteiger charge is 2.10. The van der Waals surface area contributed by atoms with Crippen molar-refractivity contribution in [3.8, 4) is 17.1 Å². The van der Waals surface area contributed by atoms with Crippen molar-refractivity contribution in [1.82, 2.24) is 0 Å². The minimum Gasteiger partial charge on any atom is -0.508 e. The second kappa shape index (κ2) is 6.49. The SMILES string of the molecule is Cc1cc(O)ccc1N=Cc1ccc(-c2cccc(Cl)c2Cl)o1. The molecular formula is C18H13Cl2NO2. The van der Waals surface area contributed by atoms with Gasteiger partial charge in [0.15, 0.2) is 0 Å². The quantitative estimate of drug-likeness (QED) is 0.590. The van der Waals surface area contributed by atoms with Gasteiger partial charge in [-0.3, -0.25) is 4.99 Å². The lowest BCUT2D eigenvalue weighted by molar-refractivity contribution is 0.475. The van der Waals surface area contributed by atoms with E-state index in [2.05, 4.69) is 4.99 Å². The average molecular weight is 346 g/mol. The number of hydrogen-bond acceptors (Lipinski definition) is 3. The Balaban J connectivity index is 1.87. The Morgan fingerprint density at radius 2 is 1.91 bits per heavy atom. The summed E-state index contributed by atoms with van der Waals surface area (Å²) in [5.41, 5.74) is 2.38. The number of benzene rings is 2. The number of rotatable bonds is 3. The van der Waals surface area contributed by atoms with Gasteiger partial charge in [-0.05, 0) is 55.0 Å². The Morgan fingerprint density at radius 1 is 1.09 bits per heavy atom. The van der Waals surface area contributed by atoms with E-state index in [9.17, 15) is 5.11 Å². The van der Waals surface area contributed by atoms with Crippen LogP contribution in [0.2, 0.25) is 10.0 Å². The van der Waals surface area contributed by atoms with E-state index in [0.29, 0.717) is 21.6 Å². The first-order valence-electron chi connectivity index (χ1n) is 6.92. The molecule has 3 nitrogen and oxygen atoms in total. The zero-order valence-electron chi connectivity index (χ0n) is 12.3. The standard InChI is InChI=1S/C18H13Cl2NO2/c1-11-9-12(22)5-7-16(11)21-10-13-6-8-17(23-13)14-3-2-4-15(19)18(14)20/h2-10,22H,1H3. The highest BCUT2D eigenvalue weighted by Crippen LogP contribution is 2.34. The van der Waals surface area contributed by atoms with E-state index >= 15 is 0 Å². The van der Waals surface area contributed by atoms with Crippen LogP contribution in [0.4, 0.5) is 5.69 Å². The van der Waals surface area contributed by atoms with Gasteiger partial charge < -0.3 is 9.52 Å². The summed E-state index contributed by atoms with van der Waals surface area (Å²) in [6.07, 6.45) is 1.63. The maximum absolute atomic E-state index is 9.41. The zero-order valence-corrected chi connectivity index (χ0v) is 13.8. The average Bonchev–Trinajstić information content (AvgIpc) is 2.98. The molecule has 3 aromatic rings. The molecule has 5 heteroatoms. The predicted molar refractivity (Wildman–Crippen MR) is 94.3 cm³/mol. The lowest BCUT2D eigenvalue weighted by atomic mass is 10.2. The van der Waals surface area contributed by atoms with Crippen LogP contribution in [0.15, 0.2) is 57.9 Å². The van der Waals surface area contributed by atoms with Crippen LogP contribution in [0.5, 0.6) is 5.75 Å². The van der Waals surface area contributed by atoms with Crippen LogP contribution in [0.3, 0.4) is 0 Å². The first-order chi connectivity index (χ1) is 11.0. The highest BCUT2D eigenvalue weighted by atomic mass is 35.5. The molecule has 0 radical (unpaired) electrons. The zero-order chi connectivity index (χ0) is 16.4. The number of furan rings is 1. The third kappa shape index (κ3) is 3.41. The number of aryl methyl sites for hydroxylation is 1. The van der Waals surface area contributed by atoms with Crippen LogP contribution in [0, 0.1) is 6.92 Å². The molecule has 0 atom stereocenters. The van der Waals surface area contributed by atoms with Crippen LogP contribution in [-0.4, -0.2) is 11.3 Å². The van der Waals surface area contributed by atoms with Gasteiger partial charge in [-0.2, -0.15) is 0 Å². The van der Waals surface area contributed by atoms with E-state index in [-0.39, 0.29) is 5.75 Å². The second-order valence-corrected chi connectivity index (χ2v) is 5.82. The Bertz CT molecular complexity index is 884. The topological polar surface area (TPSA) is 45.7 Å². The van der Waals surface area contributed by atoms with E-state index in [1.54, 1.807) is 30.5 Å². The largest absolute Gasteiger partial charge is 0.508 e. The van der Waals surface area contributed by atoms with Crippen molar-refractivity contribution in [3.63, 3.8) is 0 Å². The second-order valence-electron chi connectivity index (χ2n) is 5.03. The molecule has 1 heterocycles. The molecule has 0 saturated heterocycles. The molecule has 1 N–H and O–H groups in total. The fourth-order valence-electron chi connectivity index (χ4n) is 2.18. The molecule has 0 amide bonds. The molecule has 23 heavy (non-hydrogen) atoms. The fraction of sp³-hybridized carbons (Fsp3) is 0.0556. The van der Waals surface area contributed by atoms with E-state index in [1.165, 1.54) is 0 Å². The number of nitrogens with zero attached hydrogens (tertiary/aromatic N) is 1. The Kier molecular flexibility index (Phi) is 4.42. The minimum atomic E-state index is 0.220. The van der Waals surface area contributed by atoms with Crippen LogP contribution in [0.1, 0.15) is 11.3 Å². The third-order valence-corrected chi connectivity index (χ3v) is 4.17. The van der Waals surface area contributed by atoms with Gasteiger partial charge in [0.25, 0.3) is 0 Å². The Labute approximate surface area is 143 Å². The Hall–Kier alpha value is -2.23. The summed E-state index contributed by atoms with van der Waals surface area (Å²) in [6, 6.07) is 14.0. The van der Waals surface area contributed by atoms with Crippen molar-refractivity contribution in [2.24, 2.45) is 4.99 Å². The molecule has 0 fully saturated rings. The van der Waals surface area contributed by atoms with Gasteiger partial charge in [-0.15, -0.1) is 0 Å². The molecule has 3 rings (SSSR count). The predicted octanol–water partition coefficient (Wildman–Crippen LogP) is 6.02. The lowest BCUT2D eigenvalue weighted by Crippen LogP contribution is -1.79. The van der Waals surface area contributed by atoms with Gasteiger partial charge >= 0.3 is 0 Å². The van der Waals surface area contributed by atoms with Gasteiger partial charge in [-0.25, -0.2) is 0 Å². The van der Waals surface area contributed by atoms with Crippen LogP contribution in [-0.2, 0) is 0 Å². The summed E-state index contributed by atoms with van der Waals surface area (Å²) >= 11 is 12.2. The molecule has 0 bridgehead atoms. The number of aromatic hydroxyl groups is 1. The van der Waals surface area contributed by atoms with E-state index in [1.807, 2.05) is 31.2 Å². The maximum atomic E-state index is 9.41. The van der Waals surface area contributed by atoms with Crippen molar-refractivity contribution >= 4 is 35.1 Å². The minimum absolute atomic E-state index is 0.220. The van der Waals surface area contributed by atoms with Crippen molar-refractivity contribution in [3.05, 3.63) is 69.9 Å². The summed E-state index contributed by atoms with van der Waals surface area (Å²) in [7, 11) is 0. The van der Waals surface area contributed by atoms with Gasteiger partial charge in [0.05, 0.1) is 21.9 Å². The molecular weight excluding hydrogens is 333 g/mol. The first-order valence-corrected chi connectivity index (χ1v) is 7.68. The van der Waals surface area contributed by atoms with Gasteiger partial charge in [-0.1, -0.05) is 29.3 Å². The van der Waals surface area contributed by atoms with Gasteiger partial charge in [0.2, 0.25) is 0 Å². The molecule has 0 aliphatic heterocycles. The number of halogens is 2. The summed E-state index contributed by atoms with van der Waals surface area (Å²) in [6.45, 7) is 1.88. The third-order valence-electron chi connectivity index (χ3n) is 3.36. The molecule has 0 saturated carbocycles. The summed E-state index contributed by atoms with van der Waals surface area (Å²) in [5, 5.41) is 10.3. The molecule has 0 aliphatic carbocycles. The maximum Gasteiger partial charge on any atom is 0.145 e. The van der Waals surface area contributed by atoms with Gasteiger partial charge in [0.1, 0.15) is 17.3 Å². The van der Waals surface area contributed by atoms with Crippen molar-refractivity contribution in [2.45, 2.75) is 6.92 Å². The van der Waals surface area contributed by atoms with E-state index in [0.717, 1.165) is 16.8 Å². The monoisotopic (exact) mass is 345 g/mol. The Morgan fingerprint density at radius 3 is 2.70 bits per heavy atom. The number of aliphatic imine (C=N–C) groups is 1.